The SMILES string of the molecule is COc1cc2c(cc1NC(=O)CSc1nnc(-c3ccncc3)n1-c1ccc(Br)cc1)oc1ccccc12. The molecule has 0 atom stereocenters. The number of hydrogen-bond donors (Lipinski definition) is 1. The van der Waals surface area contributed by atoms with Crippen molar-refractivity contribution in [3.8, 4) is 22.8 Å². The number of nitrogens with one attached hydrogen (secondary N) is 1. The van der Waals surface area contributed by atoms with E-state index in [1.54, 1.807) is 25.6 Å². The summed E-state index contributed by atoms with van der Waals surface area (Å²) in [4.78, 5) is 17.1. The van der Waals surface area contributed by atoms with Crippen LogP contribution in [0.2, 0.25) is 0 Å². The standard InChI is InChI=1S/C28H20BrN5O3S/c1-36-25-14-21-20-4-2-3-5-23(20)37-24(21)15-22(25)31-26(35)16-38-28-33-32-27(17-10-12-30-13-11-17)34(28)19-8-6-18(29)7-9-19/h2-15H,16H2,1H3,(H,31,35). The molecule has 0 radical (unpaired) electrons. The van der Waals surface area contributed by atoms with Crippen LogP contribution in [-0.4, -0.2) is 38.5 Å². The highest BCUT2D eigenvalue weighted by atomic mass is 79.9. The van der Waals surface area contributed by atoms with Crippen LogP contribution in [0.5, 0.6) is 5.75 Å². The first-order valence-corrected chi connectivity index (χ1v) is 13.4. The number of benzene rings is 3. The van der Waals surface area contributed by atoms with Crippen molar-refractivity contribution in [1.29, 1.82) is 0 Å². The van der Waals surface area contributed by atoms with Crippen LogP contribution in [0.25, 0.3) is 39.0 Å². The van der Waals surface area contributed by atoms with Crippen LogP contribution >= 0.6 is 27.7 Å². The number of anilines is 1. The van der Waals surface area contributed by atoms with Crippen molar-refractivity contribution in [2.24, 2.45) is 0 Å². The van der Waals surface area contributed by atoms with Gasteiger partial charge >= 0.3 is 0 Å². The minimum absolute atomic E-state index is 0.117. The first-order valence-electron chi connectivity index (χ1n) is 11.6. The Bertz CT molecular complexity index is 1770. The zero-order chi connectivity index (χ0) is 26.1. The van der Waals surface area contributed by atoms with Gasteiger partial charge in [-0.3, -0.25) is 14.3 Å². The molecule has 0 bridgehead atoms. The number of ether oxygens (including phenoxy) is 1. The molecular formula is C28H20BrN5O3S. The number of furan rings is 1. The number of pyridine rings is 1. The lowest BCUT2D eigenvalue weighted by atomic mass is 10.1. The summed E-state index contributed by atoms with van der Waals surface area (Å²) in [6.45, 7) is 0. The van der Waals surface area contributed by atoms with E-state index in [0.29, 0.717) is 28.0 Å². The Hall–Kier alpha value is -4.15. The fourth-order valence-corrected chi connectivity index (χ4v) is 5.22. The van der Waals surface area contributed by atoms with E-state index in [1.165, 1.54) is 11.8 Å². The lowest BCUT2D eigenvalue weighted by Gasteiger charge is -2.12. The number of carbonyl (C=O) groups is 1. The minimum atomic E-state index is -0.209. The van der Waals surface area contributed by atoms with E-state index in [0.717, 1.165) is 32.1 Å². The molecule has 1 N–H and O–H groups in total. The van der Waals surface area contributed by atoms with Gasteiger partial charge in [-0.1, -0.05) is 45.9 Å². The van der Waals surface area contributed by atoms with E-state index in [-0.39, 0.29) is 11.7 Å². The molecule has 188 valence electrons. The zero-order valence-corrected chi connectivity index (χ0v) is 22.5. The van der Waals surface area contributed by atoms with Crippen molar-refractivity contribution in [1.82, 2.24) is 19.7 Å². The third-order valence-corrected chi connectivity index (χ3v) is 7.42. The molecule has 10 heteroatoms. The Labute approximate surface area is 230 Å². The van der Waals surface area contributed by atoms with E-state index < -0.39 is 0 Å². The van der Waals surface area contributed by atoms with Gasteiger partial charge in [0.2, 0.25) is 5.91 Å². The molecule has 0 saturated carbocycles. The quantitative estimate of drug-likeness (QED) is 0.207. The number of hydrogen-bond acceptors (Lipinski definition) is 7. The van der Waals surface area contributed by atoms with Crippen LogP contribution < -0.4 is 10.1 Å². The maximum Gasteiger partial charge on any atom is 0.234 e. The molecule has 0 fully saturated rings. The van der Waals surface area contributed by atoms with Crippen LogP contribution in [0.4, 0.5) is 5.69 Å². The Kier molecular flexibility index (Phi) is 6.57. The molecule has 1 amide bonds. The van der Waals surface area contributed by atoms with Gasteiger partial charge in [-0.05, 0) is 48.5 Å². The highest BCUT2D eigenvalue weighted by Crippen LogP contribution is 2.36. The highest BCUT2D eigenvalue weighted by molar-refractivity contribution is 9.10. The second kappa shape index (κ2) is 10.3. The van der Waals surface area contributed by atoms with Crippen LogP contribution in [0, 0.1) is 0 Å². The number of fused-ring (bicyclic) bond motifs is 3. The summed E-state index contributed by atoms with van der Waals surface area (Å²) < 4.78 is 14.4. The summed E-state index contributed by atoms with van der Waals surface area (Å²) in [5, 5.41) is 14.3. The van der Waals surface area contributed by atoms with Gasteiger partial charge in [0.25, 0.3) is 0 Å². The van der Waals surface area contributed by atoms with Gasteiger partial charge in [-0.25, -0.2) is 0 Å². The van der Waals surface area contributed by atoms with Gasteiger partial charge in [-0.2, -0.15) is 0 Å². The molecule has 6 rings (SSSR count). The van der Waals surface area contributed by atoms with E-state index in [4.69, 9.17) is 9.15 Å². The molecule has 38 heavy (non-hydrogen) atoms. The number of thioether (sulfide) groups is 1. The Morgan fingerprint density at radius 3 is 2.58 bits per heavy atom. The van der Waals surface area contributed by atoms with Crippen LogP contribution in [-0.2, 0) is 4.79 Å². The molecule has 0 aliphatic rings. The Morgan fingerprint density at radius 2 is 1.79 bits per heavy atom. The van der Waals surface area contributed by atoms with Gasteiger partial charge < -0.3 is 14.5 Å². The third kappa shape index (κ3) is 4.64. The summed E-state index contributed by atoms with van der Waals surface area (Å²) in [6.07, 6.45) is 3.42. The van der Waals surface area contributed by atoms with Crippen molar-refractivity contribution < 1.29 is 13.9 Å². The molecule has 3 heterocycles. The minimum Gasteiger partial charge on any atom is -0.495 e. The smallest absolute Gasteiger partial charge is 0.234 e. The number of halogens is 1. The lowest BCUT2D eigenvalue weighted by molar-refractivity contribution is -0.113. The van der Waals surface area contributed by atoms with Crippen molar-refractivity contribution in [2.45, 2.75) is 5.16 Å². The second-order valence-corrected chi connectivity index (χ2v) is 10.2. The summed E-state index contributed by atoms with van der Waals surface area (Å²) in [6, 6.07) is 23.1. The second-order valence-electron chi connectivity index (χ2n) is 8.34. The summed E-state index contributed by atoms with van der Waals surface area (Å²) >= 11 is 4.78. The van der Waals surface area contributed by atoms with Gasteiger partial charge in [-0.15, -0.1) is 10.2 Å². The Balaban J connectivity index is 1.27. The number of aromatic nitrogens is 4. The van der Waals surface area contributed by atoms with Crippen molar-refractivity contribution in [3.05, 3.63) is 89.7 Å². The van der Waals surface area contributed by atoms with Crippen LogP contribution in [0.3, 0.4) is 0 Å². The molecule has 0 spiro atoms. The zero-order valence-electron chi connectivity index (χ0n) is 20.1. The maximum absolute atomic E-state index is 13.0. The van der Waals surface area contributed by atoms with Crippen molar-refractivity contribution in [3.63, 3.8) is 0 Å². The molecule has 6 aromatic rings. The van der Waals surface area contributed by atoms with Gasteiger partial charge in [0, 0.05) is 45.0 Å². The molecule has 3 aromatic carbocycles. The largest absolute Gasteiger partial charge is 0.495 e. The summed E-state index contributed by atoms with van der Waals surface area (Å²) in [7, 11) is 1.58. The van der Waals surface area contributed by atoms with Crippen molar-refractivity contribution >= 4 is 61.2 Å². The predicted octanol–water partition coefficient (Wildman–Crippen LogP) is 6.73. The number of carbonyl (C=O) groups excluding carboxylic acids is 1. The van der Waals surface area contributed by atoms with Gasteiger partial charge in [0.15, 0.2) is 11.0 Å². The molecule has 3 aromatic heterocycles. The molecule has 8 nitrogen and oxygen atoms in total. The van der Waals surface area contributed by atoms with Crippen molar-refractivity contribution in [2.75, 3.05) is 18.2 Å². The summed E-state index contributed by atoms with van der Waals surface area (Å²) in [5.41, 5.74) is 3.74. The number of methoxy groups -OCH3 is 1. The number of amides is 1. The fraction of sp³-hybridized carbons (Fsp3) is 0.0714. The predicted molar refractivity (Wildman–Crippen MR) is 152 cm³/mol. The maximum atomic E-state index is 13.0. The van der Waals surface area contributed by atoms with Gasteiger partial charge in [0.05, 0.1) is 18.6 Å². The molecule has 0 unspecified atom stereocenters. The highest BCUT2D eigenvalue weighted by Gasteiger charge is 2.19. The van der Waals surface area contributed by atoms with E-state index in [2.05, 4.69) is 36.4 Å². The lowest BCUT2D eigenvalue weighted by Crippen LogP contribution is -2.15. The molecule has 0 saturated heterocycles. The topological polar surface area (TPSA) is 95.1 Å². The molecular weight excluding hydrogens is 566 g/mol. The molecule has 0 aliphatic carbocycles. The average Bonchev–Trinajstić information content (AvgIpc) is 3.53. The number of rotatable bonds is 7. The van der Waals surface area contributed by atoms with Crippen LogP contribution in [0.1, 0.15) is 0 Å². The average molecular weight is 586 g/mol. The van der Waals surface area contributed by atoms with E-state index in [9.17, 15) is 4.79 Å². The first kappa shape index (κ1) is 24.2. The normalized spacial score (nSPS) is 11.2. The number of nitrogens with zero attached hydrogens (tertiary/aromatic N) is 4. The molecule has 0 aliphatic heterocycles. The monoisotopic (exact) mass is 585 g/mol. The first-order chi connectivity index (χ1) is 18.6. The van der Waals surface area contributed by atoms with E-state index in [1.807, 2.05) is 71.3 Å². The Morgan fingerprint density at radius 1 is 1.00 bits per heavy atom. The van der Waals surface area contributed by atoms with Gasteiger partial charge in [0.1, 0.15) is 16.9 Å². The number of para-hydroxylation sites is 1. The third-order valence-electron chi connectivity index (χ3n) is 5.96. The van der Waals surface area contributed by atoms with Crippen LogP contribution in [0.15, 0.2) is 99.2 Å². The fourth-order valence-electron chi connectivity index (χ4n) is 4.21. The summed E-state index contributed by atoms with van der Waals surface area (Å²) in [5.74, 6) is 1.13. The van der Waals surface area contributed by atoms with E-state index >= 15 is 0 Å².